The van der Waals surface area contributed by atoms with Gasteiger partial charge in [0.05, 0.1) is 0 Å². The Morgan fingerprint density at radius 2 is 1.75 bits per heavy atom. The minimum atomic E-state index is -1.70. The van der Waals surface area contributed by atoms with Crippen molar-refractivity contribution in [1.29, 1.82) is 0 Å². The van der Waals surface area contributed by atoms with E-state index in [1.807, 2.05) is 6.92 Å². The van der Waals surface area contributed by atoms with Gasteiger partial charge in [-0.05, 0) is 6.42 Å². The molecule has 0 heterocycles. The average molecular weight is 193 g/mol. The largest absolute Gasteiger partial charge is 0.368 e. The number of hydrogen-bond acceptors (Lipinski definition) is 2. The van der Waals surface area contributed by atoms with Crippen molar-refractivity contribution in [3.05, 3.63) is 0 Å². The molecule has 0 aliphatic carbocycles. The minimum absolute atomic E-state index is 0.204. The van der Waals surface area contributed by atoms with E-state index in [2.05, 4.69) is 0 Å². The molecular weight excluding hydrogens is 180 g/mol. The summed E-state index contributed by atoms with van der Waals surface area (Å²) in [5, 5.41) is 0. The fourth-order valence-electron chi connectivity index (χ4n) is 0.788. The Bertz CT molecular complexity index is 180. The minimum Gasteiger partial charge on any atom is -0.368 e. The lowest BCUT2D eigenvalue weighted by Crippen LogP contribution is -2.49. The van der Waals surface area contributed by atoms with Crippen molar-refractivity contribution in [2.24, 2.45) is 11.5 Å². The van der Waals surface area contributed by atoms with Gasteiger partial charge in [-0.2, -0.15) is 0 Å². The second-order valence-electron chi connectivity index (χ2n) is 2.63. The summed E-state index contributed by atoms with van der Waals surface area (Å²) < 4.78 is 0. The Balaban J connectivity index is 4.40. The van der Waals surface area contributed by atoms with Crippen LogP contribution < -0.4 is 11.5 Å². The number of carbonyl (C=O) groups excluding carboxylic acids is 2. The number of primary amides is 2. The molecule has 0 atom stereocenters. The molecule has 0 unspecified atom stereocenters. The normalized spacial score (nSPS) is 11.2. The predicted octanol–water partition coefficient (Wildman–Crippen LogP) is 0.125. The highest BCUT2D eigenvalue weighted by Crippen LogP contribution is 2.21. The van der Waals surface area contributed by atoms with E-state index in [4.69, 9.17) is 23.1 Å². The van der Waals surface area contributed by atoms with E-state index in [0.29, 0.717) is 6.42 Å². The van der Waals surface area contributed by atoms with E-state index in [-0.39, 0.29) is 6.42 Å². The molecular formula is C7H13ClN2O2. The van der Waals surface area contributed by atoms with E-state index in [1.165, 1.54) is 0 Å². The lowest BCUT2D eigenvalue weighted by atomic mass is 10.00. The molecule has 5 heteroatoms. The number of hydrogen-bond donors (Lipinski definition) is 2. The molecule has 0 bridgehead atoms. The van der Waals surface area contributed by atoms with Crippen LogP contribution in [-0.4, -0.2) is 16.7 Å². The van der Waals surface area contributed by atoms with Gasteiger partial charge < -0.3 is 11.5 Å². The van der Waals surface area contributed by atoms with Crippen molar-refractivity contribution in [2.75, 3.05) is 0 Å². The van der Waals surface area contributed by atoms with Gasteiger partial charge in [0.2, 0.25) is 11.8 Å². The maximum absolute atomic E-state index is 10.8. The maximum Gasteiger partial charge on any atom is 0.248 e. The molecule has 0 aliphatic rings. The highest BCUT2D eigenvalue weighted by Gasteiger charge is 2.39. The second kappa shape index (κ2) is 4.30. The van der Waals surface area contributed by atoms with Crippen LogP contribution >= 0.6 is 11.6 Å². The summed E-state index contributed by atoms with van der Waals surface area (Å²) in [7, 11) is 0. The molecule has 0 aromatic rings. The van der Waals surface area contributed by atoms with E-state index < -0.39 is 16.7 Å². The molecule has 2 amide bonds. The van der Waals surface area contributed by atoms with E-state index in [9.17, 15) is 9.59 Å². The number of rotatable bonds is 5. The first-order valence-corrected chi connectivity index (χ1v) is 4.11. The summed E-state index contributed by atoms with van der Waals surface area (Å²) in [4.78, 5) is 19.8. The molecule has 0 saturated heterocycles. The van der Waals surface area contributed by atoms with Crippen molar-refractivity contribution < 1.29 is 9.59 Å². The predicted molar refractivity (Wildman–Crippen MR) is 46.5 cm³/mol. The molecule has 0 rings (SSSR count). The molecule has 0 aromatic heterocycles. The van der Waals surface area contributed by atoms with Gasteiger partial charge in [-0.15, -0.1) is 0 Å². The zero-order chi connectivity index (χ0) is 9.78. The van der Waals surface area contributed by atoms with E-state index in [1.54, 1.807) is 0 Å². The number of halogens is 1. The van der Waals surface area contributed by atoms with Crippen LogP contribution in [-0.2, 0) is 9.59 Å². The number of unbranched alkanes of at least 4 members (excludes halogenated alkanes) is 1. The Hall–Kier alpha value is -0.770. The summed E-state index contributed by atoms with van der Waals surface area (Å²) in [6.07, 6.45) is 1.68. The van der Waals surface area contributed by atoms with Gasteiger partial charge in [-0.1, -0.05) is 31.4 Å². The van der Waals surface area contributed by atoms with Gasteiger partial charge >= 0.3 is 0 Å². The first-order valence-electron chi connectivity index (χ1n) is 3.74. The SMILES string of the molecule is CCCCC(Cl)(C(N)=O)C(N)=O. The fraction of sp³-hybridized carbons (Fsp3) is 0.714. The Morgan fingerprint density at radius 1 is 1.33 bits per heavy atom. The van der Waals surface area contributed by atoms with Crippen LogP contribution in [0, 0.1) is 0 Å². The quantitative estimate of drug-likeness (QED) is 0.479. The van der Waals surface area contributed by atoms with Gasteiger partial charge in [-0.25, -0.2) is 0 Å². The van der Waals surface area contributed by atoms with Crippen LogP contribution in [0.3, 0.4) is 0 Å². The zero-order valence-corrected chi connectivity index (χ0v) is 7.73. The topological polar surface area (TPSA) is 86.2 Å². The first kappa shape index (κ1) is 11.2. The van der Waals surface area contributed by atoms with Crippen molar-refractivity contribution >= 4 is 23.4 Å². The van der Waals surface area contributed by atoms with Crippen LogP contribution in [0.15, 0.2) is 0 Å². The Labute approximate surface area is 76.2 Å². The van der Waals surface area contributed by atoms with Crippen molar-refractivity contribution in [3.63, 3.8) is 0 Å². The second-order valence-corrected chi connectivity index (χ2v) is 3.28. The van der Waals surface area contributed by atoms with E-state index in [0.717, 1.165) is 6.42 Å². The summed E-state index contributed by atoms with van der Waals surface area (Å²) in [6.45, 7) is 1.92. The zero-order valence-electron chi connectivity index (χ0n) is 6.97. The van der Waals surface area contributed by atoms with Gasteiger partial charge in [-0.3, -0.25) is 9.59 Å². The van der Waals surface area contributed by atoms with Gasteiger partial charge in [0.25, 0.3) is 0 Å². The molecule has 0 aromatic carbocycles. The molecule has 0 radical (unpaired) electrons. The number of carbonyl (C=O) groups is 2. The molecule has 4 nitrogen and oxygen atoms in total. The van der Waals surface area contributed by atoms with Crippen LogP contribution in [0.25, 0.3) is 0 Å². The molecule has 0 saturated carbocycles. The first-order chi connectivity index (χ1) is 5.45. The van der Waals surface area contributed by atoms with Gasteiger partial charge in [0.15, 0.2) is 4.87 Å². The molecule has 0 aliphatic heterocycles. The van der Waals surface area contributed by atoms with Crippen molar-refractivity contribution in [3.8, 4) is 0 Å². The molecule has 0 spiro atoms. The van der Waals surface area contributed by atoms with Gasteiger partial charge in [0.1, 0.15) is 0 Å². The molecule has 70 valence electrons. The number of nitrogens with two attached hydrogens (primary N) is 2. The third-order valence-corrected chi connectivity index (χ3v) is 2.22. The highest BCUT2D eigenvalue weighted by atomic mass is 35.5. The molecule has 12 heavy (non-hydrogen) atoms. The molecule has 0 fully saturated rings. The van der Waals surface area contributed by atoms with Crippen LogP contribution in [0.4, 0.5) is 0 Å². The monoisotopic (exact) mass is 192 g/mol. The van der Waals surface area contributed by atoms with Crippen LogP contribution in [0.1, 0.15) is 26.2 Å². The average Bonchev–Trinajstić information content (AvgIpc) is 1.99. The standard InChI is InChI=1S/C7H13ClN2O2/c1-2-3-4-7(8,5(9)11)6(10)12/h2-4H2,1H3,(H2,9,11)(H2,10,12). The summed E-state index contributed by atoms with van der Waals surface area (Å²) in [6, 6.07) is 0. The molecule has 4 N–H and O–H groups in total. The summed E-state index contributed by atoms with van der Waals surface area (Å²) in [5.74, 6) is -1.74. The number of alkyl halides is 1. The lowest BCUT2D eigenvalue weighted by molar-refractivity contribution is -0.130. The van der Waals surface area contributed by atoms with Crippen molar-refractivity contribution in [1.82, 2.24) is 0 Å². The van der Waals surface area contributed by atoms with Crippen LogP contribution in [0.5, 0.6) is 0 Å². The van der Waals surface area contributed by atoms with Crippen LogP contribution in [0.2, 0.25) is 0 Å². The summed E-state index contributed by atoms with van der Waals surface area (Å²) >= 11 is 5.64. The highest BCUT2D eigenvalue weighted by molar-refractivity contribution is 6.45. The Morgan fingerprint density at radius 3 is 2.00 bits per heavy atom. The third-order valence-electron chi connectivity index (χ3n) is 1.66. The fourth-order valence-corrected chi connectivity index (χ4v) is 0.922. The number of amides is 2. The third kappa shape index (κ3) is 2.37. The lowest BCUT2D eigenvalue weighted by Gasteiger charge is -2.18. The smallest absolute Gasteiger partial charge is 0.248 e. The maximum atomic E-state index is 10.8. The van der Waals surface area contributed by atoms with Gasteiger partial charge in [0, 0.05) is 0 Å². The summed E-state index contributed by atoms with van der Waals surface area (Å²) in [5.41, 5.74) is 9.88. The Kier molecular flexibility index (Phi) is 4.03. The van der Waals surface area contributed by atoms with E-state index >= 15 is 0 Å². The van der Waals surface area contributed by atoms with Crippen molar-refractivity contribution in [2.45, 2.75) is 31.1 Å².